The van der Waals surface area contributed by atoms with E-state index in [9.17, 15) is 0 Å². The molecule has 0 saturated heterocycles. The first-order valence-corrected chi connectivity index (χ1v) is 7.65. The third-order valence-corrected chi connectivity index (χ3v) is 3.82. The molecular formula is C19H15N5. The summed E-state index contributed by atoms with van der Waals surface area (Å²) in [5.41, 5.74) is 8.94. The number of hydrogen-bond donors (Lipinski definition) is 1. The minimum atomic E-state index is 0.701. The van der Waals surface area contributed by atoms with Crippen LogP contribution in [-0.2, 0) is 0 Å². The fourth-order valence-electron chi connectivity index (χ4n) is 2.62. The highest BCUT2D eigenvalue weighted by Gasteiger charge is 2.17. The normalized spacial score (nSPS) is 13.2. The van der Waals surface area contributed by atoms with E-state index in [4.69, 9.17) is 4.99 Å². The van der Waals surface area contributed by atoms with Crippen LogP contribution in [0.4, 0.5) is 5.69 Å². The number of amidine groups is 1. The van der Waals surface area contributed by atoms with Gasteiger partial charge in [-0.3, -0.25) is 15.4 Å². The maximum Gasteiger partial charge on any atom is 0.154 e. The number of nitrogens with one attached hydrogen (secondary N) is 1. The van der Waals surface area contributed by atoms with Crippen LogP contribution in [0, 0.1) is 6.92 Å². The molecule has 3 aromatic rings. The first-order valence-electron chi connectivity index (χ1n) is 7.65. The lowest BCUT2D eigenvalue weighted by Crippen LogP contribution is -2.19. The van der Waals surface area contributed by atoms with E-state index in [0.29, 0.717) is 5.84 Å². The summed E-state index contributed by atoms with van der Waals surface area (Å²) >= 11 is 0. The predicted octanol–water partition coefficient (Wildman–Crippen LogP) is 3.22. The Kier molecular flexibility index (Phi) is 3.59. The Labute approximate surface area is 139 Å². The number of benzene rings is 1. The highest BCUT2D eigenvalue weighted by Crippen LogP contribution is 2.26. The number of hydrazone groups is 1. The SMILES string of the molecule is Cc1ccc2c(c1)C(c1ccncc1)=NNC(c1ccncc1)=N2. The first kappa shape index (κ1) is 14.3. The average molecular weight is 313 g/mol. The second kappa shape index (κ2) is 6.04. The summed E-state index contributed by atoms with van der Waals surface area (Å²) in [7, 11) is 0. The van der Waals surface area contributed by atoms with Crippen molar-refractivity contribution in [2.24, 2.45) is 10.1 Å². The van der Waals surface area contributed by atoms with Gasteiger partial charge in [-0.25, -0.2) is 4.99 Å². The van der Waals surface area contributed by atoms with Crippen molar-refractivity contribution in [1.29, 1.82) is 0 Å². The molecule has 3 heterocycles. The third kappa shape index (κ3) is 2.67. The molecule has 0 fully saturated rings. The Morgan fingerprint density at radius 2 is 1.46 bits per heavy atom. The molecule has 116 valence electrons. The molecule has 5 heteroatoms. The summed E-state index contributed by atoms with van der Waals surface area (Å²) in [4.78, 5) is 12.9. The summed E-state index contributed by atoms with van der Waals surface area (Å²) < 4.78 is 0. The molecule has 5 nitrogen and oxygen atoms in total. The van der Waals surface area contributed by atoms with E-state index in [-0.39, 0.29) is 0 Å². The molecule has 4 rings (SSSR count). The zero-order valence-electron chi connectivity index (χ0n) is 13.1. The van der Waals surface area contributed by atoms with Gasteiger partial charge in [0.1, 0.15) is 5.71 Å². The van der Waals surface area contributed by atoms with Gasteiger partial charge in [-0.2, -0.15) is 5.10 Å². The van der Waals surface area contributed by atoms with Gasteiger partial charge < -0.3 is 0 Å². The molecule has 0 amide bonds. The number of aryl methyl sites for hydroxylation is 1. The van der Waals surface area contributed by atoms with E-state index in [0.717, 1.165) is 33.7 Å². The molecule has 0 bridgehead atoms. The maximum absolute atomic E-state index is 4.77. The Balaban J connectivity index is 1.89. The minimum Gasteiger partial charge on any atom is -0.265 e. The summed E-state index contributed by atoms with van der Waals surface area (Å²) in [6.07, 6.45) is 7.02. The van der Waals surface area contributed by atoms with Gasteiger partial charge in [0.05, 0.1) is 5.69 Å². The highest BCUT2D eigenvalue weighted by molar-refractivity contribution is 6.18. The van der Waals surface area contributed by atoms with Crippen LogP contribution in [0.25, 0.3) is 0 Å². The number of hydrogen-bond acceptors (Lipinski definition) is 5. The number of pyridine rings is 2. The second-order valence-corrected chi connectivity index (χ2v) is 5.53. The highest BCUT2D eigenvalue weighted by atomic mass is 15.3. The summed E-state index contributed by atoms with van der Waals surface area (Å²) in [5, 5.41) is 4.62. The maximum atomic E-state index is 4.77. The molecule has 0 unspecified atom stereocenters. The predicted molar refractivity (Wildman–Crippen MR) is 94.6 cm³/mol. The van der Waals surface area contributed by atoms with E-state index in [1.807, 2.05) is 30.3 Å². The lowest BCUT2D eigenvalue weighted by atomic mass is 10.00. The minimum absolute atomic E-state index is 0.701. The smallest absolute Gasteiger partial charge is 0.154 e. The van der Waals surface area contributed by atoms with Crippen LogP contribution >= 0.6 is 0 Å². The second-order valence-electron chi connectivity index (χ2n) is 5.53. The van der Waals surface area contributed by atoms with Gasteiger partial charge in [-0.05, 0) is 43.3 Å². The molecule has 1 aliphatic rings. The van der Waals surface area contributed by atoms with E-state index < -0.39 is 0 Å². The zero-order valence-corrected chi connectivity index (χ0v) is 13.1. The lowest BCUT2D eigenvalue weighted by molar-refractivity contribution is 1.03. The van der Waals surface area contributed by atoms with Crippen LogP contribution in [0.1, 0.15) is 22.3 Å². The van der Waals surface area contributed by atoms with Crippen molar-refractivity contribution in [3.63, 3.8) is 0 Å². The van der Waals surface area contributed by atoms with Crippen LogP contribution < -0.4 is 5.43 Å². The van der Waals surface area contributed by atoms with Gasteiger partial charge >= 0.3 is 0 Å². The van der Waals surface area contributed by atoms with Crippen molar-refractivity contribution < 1.29 is 0 Å². The van der Waals surface area contributed by atoms with Crippen LogP contribution in [0.15, 0.2) is 77.3 Å². The summed E-state index contributed by atoms with van der Waals surface area (Å²) in [5.74, 6) is 0.701. The number of aromatic nitrogens is 2. The average Bonchev–Trinajstić information content (AvgIpc) is 2.82. The quantitative estimate of drug-likeness (QED) is 0.790. The van der Waals surface area contributed by atoms with Crippen molar-refractivity contribution in [1.82, 2.24) is 15.4 Å². The Hall–Kier alpha value is -3.34. The van der Waals surface area contributed by atoms with Gasteiger partial charge in [0.15, 0.2) is 5.84 Å². The molecule has 0 saturated carbocycles. The third-order valence-electron chi connectivity index (χ3n) is 3.82. The van der Waals surface area contributed by atoms with Crippen LogP contribution in [0.5, 0.6) is 0 Å². The van der Waals surface area contributed by atoms with Gasteiger partial charge in [-0.15, -0.1) is 0 Å². The van der Waals surface area contributed by atoms with Crippen molar-refractivity contribution >= 4 is 17.2 Å². The molecule has 0 spiro atoms. The van der Waals surface area contributed by atoms with E-state index in [1.54, 1.807) is 24.8 Å². The molecule has 1 N–H and O–H groups in total. The molecule has 24 heavy (non-hydrogen) atoms. The van der Waals surface area contributed by atoms with Gasteiger partial charge in [0.2, 0.25) is 0 Å². The van der Waals surface area contributed by atoms with Gasteiger partial charge in [0.25, 0.3) is 0 Å². The lowest BCUT2D eigenvalue weighted by Gasteiger charge is -2.08. The Morgan fingerprint density at radius 3 is 2.17 bits per heavy atom. The Morgan fingerprint density at radius 1 is 0.792 bits per heavy atom. The molecular weight excluding hydrogens is 298 g/mol. The molecule has 0 atom stereocenters. The molecule has 1 aliphatic heterocycles. The summed E-state index contributed by atoms with van der Waals surface area (Å²) in [6.45, 7) is 2.07. The van der Waals surface area contributed by atoms with Gasteiger partial charge in [0, 0.05) is 41.5 Å². The van der Waals surface area contributed by atoms with Crippen molar-refractivity contribution in [2.45, 2.75) is 6.92 Å². The largest absolute Gasteiger partial charge is 0.265 e. The molecule has 2 aromatic heterocycles. The fraction of sp³-hybridized carbons (Fsp3) is 0.0526. The van der Waals surface area contributed by atoms with Crippen LogP contribution in [0.3, 0.4) is 0 Å². The van der Waals surface area contributed by atoms with Crippen molar-refractivity contribution in [3.8, 4) is 0 Å². The fourth-order valence-corrected chi connectivity index (χ4v) is 2.62. The number of nitrogens with zero attached hydrogens (tertiary/aromatic N) is 4. The van der Waals surface area contributed by atoms with Crippen molar-refractivity contribution in [2.75, 3.05) is 0 Å². The van der Waals surface area contributed by atoms with Crippen molar-refractivity contribution in [3.05, 3.63) is 89.5 Å². The molecule has 1 aromatic carbocycles. The van der Waals surface area contributed by atoms with E-state index >= 15 is 0 Å². The van der Waals surface area contributed by atoms with Crippen LogP contribution in [-0.4, -0.2) is 21.5 Å². The molecule has 0 radical (unpaired) electrons. The Bertz CT molecular complexity index is 930. The zero-order chi connectivity index (χ0) is 16.4. The van der Waals surface area contributed by atoms with Crippen LogP contribution in [0.2, 0.25) is 0 Å². The topological polar surface area (TPSA) is 62.5 Å². The summed E-state index contributed by atoms with van der Waals surface area (Å²) in [6, 6.07) is 13.9. The van der Waals surface area contributed by atoms with E-state index in [1.165, 1.54) is 0 Å². The molecule has 0 aliphatic carbocycles. The standard InChI is InChI=1S/C19H15N5/c1-13-2-3-17-16(12-13)18(14-4-8-20-9-5-14)23-24-19(22-17)15-6-10-21-11-7-15/h2-12H,1H3,(H,22,24). The number of rotatable bonds is 2. The van der Waals surface area contributed by atoms with E-state index in [2.05, 4.69) is 39.6 Å². The first-order chi connectivity index (χ1) is 11.8. The number of aliphatic imine (C=N–C) groups is 1. The van der Waals surface area contributed by atoms with Gasteiger partial charge in [-0.1, -0.05) is 11.6 Å². The monoisotopic (exact) mass is 313 g/mol. The number of fused-ring (bicyclic) bond motifs is 1.